The fraction of sp³-hybridized carbons (Fsp3) is 0.562. The largest absolute Gasteiger partial charge is 0.317 e. The third-order valence-corrected chi connectivity index (χ3v) is 4.81. The zero-order valence-corrected chi connectivity index (χ0v) is 11.9. The molecule has 1 aliphatic carbocycles. The molecule has 2 fully saturated rings. The second-order valence-corrected chi connectivity index (χ2v) is 5.90. The number of amides is 1. The fourth-order valence-corrected chi connectivity index (χ4v) is 3.48. The van der Waals surface area contributed by atoms with Gasteiger partial charge in [-0.05, 0) is 56.8 Å². The number of piperidine rings is 1. The predicted octanol–water partition coefficient (Wildman–Crippen LogP) is 2.57. The molecule has 0 bridgehead atoms. The third kappa shape index (κ3) is 2.22. The molecule has 1 amide bonds. The lowest BCUT2D eigenvalue weighted by Crippen LogP contribution is -2.37. The standard InChI is InChI=1S/C16H21FN2O/c1-2-19(14-6-4-3-5-13(14)17)15(20)12-11-16(12)7-9-18-10-8-16/h3-6,12,18H,2,7-11H2,1H3. The van der Waals surface area contributed by atoms with E-state index >= 15 is 0 Å². The molecule has 1 aromatic rings. The molecular weight excluding hydrogens is 255 g/mol. The van der Waals surface area contributed by atoms with Crippen LogP contribution >= 0.6 is 0 Å². The second-order valence-electron chi connectivity index (χ2n) is 5.90. The van der Waals surface area contributed by atoms with Gasteiger partial charge in [-0.2, -0.15) is 0 Å². The van der Waals surface area contributed by atoms with Crippen molar-refractivity contribution in [2.75, 3.05) is 24.5 Å². The van der Waals surface area contributed by atoms with E-state index in [4.69, 9.17) is 0 Å². The summed E-state index contributed by atoms with van der Waals surface area (Å²) in [6.45, 7) is 4.41. The second kappa shape index (κ2) is 5.17. The molecule has 2 aliphatic rings. The van der Waals surface area contributed by atoms with Gasteiger partial charge in [-0.3, -0.25) is 4.79 Å². The molecule has 1 N–H and O–H groups in total. The van der Waals surface area contributed by atoms with Gasteiger partial charge >= 0.3 is 0 Å². The number of nitrogens with zero attached hydrogens (tertiary/aromatic N) is 1. The Morgan fingerprint density at radius 1 is 1.40 bits per heavy atom. The molecule has 20 heavy (non-hydrogen) atoms. The number of benzene rings is 1. The molecule has 3 rings (SSSR count). The van der Waals surface area contributed by atoms with Gasteiger partial charge < -0.3 is 10.2 Å². The van der Waals surface area contributed by atoms with E-state index in [0.29, 0.717) is 12.2 Å². The van der Waals surface area contributed by atoms with E-state index < -0.39 is 0 Å². The number of carbonyl (C=O) groups is 1. The summed E-state index contributed by atoms with van der Waals surface area (Å²) in [5.74, 6) is -0.133. The van der Waals surface area contributed by atoms with Crippen molar-refractivity contribution >= 4 is 11.6 Å². The number of carbonyl (C=O) groups excluding carboxylic acids is 1. The number of rotatable bonds is 3. The molecule has 1 unspecified atom stereocenters. The zero-order chi connectivity index (χ0) is 14.2. The third-order valence-electron chi connectivity index (χ3n) is 4.81. The molecule has 4 heteroatoms. The summed E-state index contributed by atoms with van der Waals surface area (Å²) in [6.07, 6.45) is 3.11. The summed E-state index contributed by atoms with van der Waals surface area (Å²) in [6, 6.07) is 6.54. The molecule has 108 valence electrons. The minimum absolute atomic E-state index is 0.0872. The van der Waals surface area contributed by atoms with Crippen LogP contribution in [0.4, 0.5) is 10.1 Å². The van der Waals surface area contributed by atoms with Crippen LogP contribution in [0, 0.1) is 17.2 Å². The van der Waals surface area contributed by atoms with Gasteiger partial charge in [0.05, 0.1) is 5.69 Å². The number of para-hydroxylation sites is 1. The smallest absolute Gasteiger partial charge is 0.230 e. The van der Waals surface area contributed by atoms with Gasteiger partial charge in [0.15, 0.2) is 0 Å². The highest BCUT2D eigenvalue weighted by molar-refractivity contribution is 5.97. The van der Waals surface area contributed by atoms with Crippen molar-refractivity contribution in [2.45, 2.75) is 26.2 Å². The van der Waals surface area contributed by atoms with Gasteiger partial charge in [0.1, 0.15) is 5.82 Å². The quantitative estimate of drug-likeness (QED) is 0.920. The molecule has 1 aliphatic heterocycles. The maximum Gasteiger partial charge on any atom is 0.230 e. The Balaban J connectivity index is 1.78. The maximum absolute atomic E-state index is 13.9. The van der Waals surface area contributed by atoms with E-state index in [-0.39, 0.29) is 23.1 Å². The lowest BCUT2D eigenvalue weighted by atomic mass is 9.91. The van der Waals surface area contributed by atoms with Gasteiger partial charge in [0, 0.05) is 12.5 Å². The van der Waals surface area contributed by atoms with E-state index in [0.717, 1.165) is 32.4 Å². The summed E-state index contributed by atoms with van der Waals surface area (Å²) >= 11 is 0. The summed E-state index contributed by atoms with van der Waals surface area (Å²) < 4.78 is 13.9. The van der Waals surface area contributed by atoms with Crippen LogP contribution in [0.25, 0.3) is 0 Å². The molecule has 1 aromatic carbocycles. The monoisotopic (exact) mass is 276 g/mol. The van der Waals surface area contributed by atoms with Crippen LogP contribution in [-0.4, -0.2) is 25.5 Å². The normalized spacial score (nSPS) is 23.6. The zero-order valence-electron chi connectivity index (χ0n) is 11.9. The Hall–Kier alpha value is -1.42. The van der Waals surface area contributed by atoms with Crippen LogP contribution < -0.4 is 10.2 Å². The average Bonchev–Trinajstić information content (AvgIpc) is 3.15. The van der Waals surface area contributed by atoms with Gasteiger partial charge in [-0.25, -0.2) is 4.39 Å². The molecule has 1 saturated carbocycles. The molecule has 3 nitrogen and oxygen atoms in total. The first-order valence-electron chi connectivity index (χ1n) is 7.44. The van der Waals surface area contributed by atoms with Gasteiger partial charge in [0.25, 0.3) is 0 Å². The average molecular weight is 276 g/mol. The van der Waals surface area contributed by atoms with E-state index in [1.165, 1.54) is 6.07 Å². The predicted molar refractivity (Wildman–Crippen MR) is 77.1 cm³/mol. The first-order chi connectivity index (χ1) is 9.68. The number of hydrogen-bond acceptors (Lipinski definition) is 2. The summed E-state index contributed by atoms with van der Waals surface area (Å²) in [7, 11) is 0. The SMILES string of the molecule is CCN(C(=O)C1CC12CCNCC2)c1ccccc1F. The van der Waals surface area contributed by atoms with Crippen LogP contribution in [0.1, 0.15) is 26.2 Å². The highest BCUT2D eigenvalue weighted by Gasteiger charge is 2.58. The van der Waals surface area contributed by atoms with Gasteiger partial charge in [-0.1, -0.05) is 12.1 Å². The molecule has 1 saturated heterocycles. The van der Waals surface area contributed by atoms with Gasteiger partial charge in [-0.15, -0.1) is 0 Å². The Morgan fingerprint density at radius 3 is 2.75 bits per heavy atom. The van der Waals surface area contributed by atoms with E-state index in [9.17, 15) is 9.18 Å². The molecule has 0 radical (unpaired) electrons. The van der Waals surface area contributed by atoms with Crippen molar-refractivity contribution in [3.8, 4) is 0 Å². The lowest BCUT2D eigenvalue weighted by Gasteiger charge is -2.26. The minimum Gasteiger partial charge on any atom is -0.317 e. The van der Waals surface area contributed by atoms with Crippen LogP contribution in [0.2, 0.25) is 0 Å². The molecule has 0 aromatic heterocycles. The van der Waals surface area contributed by atoms with Crippen molar-refractivity contribution in [1.29, 1.82) is 0 Å². The van der Waals surface area contributed by atoms with Crippen LogP contribution in [0.5, 0.6) is 0 Å². The Bertz CT molecular complexity index is 511. The van der Waals surface area contributed by atoms with Crippen LogP contribution in [0.3, 0.4) is 0 Å². The Labute approximate surface area is 119 Å². The number of nitrogens with one attached hydrogen (secondary N) is 1. The summed E-state index contributed by atoms with van der Waals surface area (Å²) in [4.78, 5) is 14.3. The first-order valence-corrected chi connectivity index (χ1v) is 7.44. The Kier molecular flexibility index (Phi) is 3.50. The summed E-state index contributed by atoms with van der Waals surface area (Å²) in [5, 5.41) is 3.34. The molecule has 1 spiro atoms. The first kappa shape index (κ1) is 13.6. The van der Waals surface area contributed by atoms with Crippen molar-refractivity contribution < 1.29 is 9.18 Å². The molecular formula is C16H21FN2O. The van der Waals surface area contributed by atoms with Crippen molar-refractivity contribution in [3.63, 3.8) is 0 Å². The van der Waals surface area contributed by atoms with Crippen molar-refractivity contribution in [2.24, 2.45) is 11.3 Å². The van der Waals surface area contributed by atoms with E-state index in [1.54, 1.807) is 23.1 Å². The maximum atomic E-state index is 13.9. The lowest BCUT2D eigenvalue weighted by molar-refractivity contribution is -0.120. The topological polar surface area (TPSA) is 32.3 Å². The van der Waals surface area contributed by atoms with Crippen molar-refractivity contribution in [1.82, 2.24) is 5.32 Å². The highest BCUT2D eigenvalue weighted by atomic mass is 19.1. The molecule has 1 heterocycles. The highest BCUT2D eigenvalue weighted by Crippen LogP contribution is 2.59. The van der Waals surface area contributed by atoms with E-state index in [1.807, 2.05) is 6.92 Å². The number of hydrogen-bond donors (Lipinski definition) is 1. The van der Waals surface area contributed by atoms with Crippen LogP contribution in [0.15, 0.2) is 24.3 Å². The van der Waals surface area contributed by atoms with Gasteiger partial charge in [0.2, 0.25) is 5.91 Å². The number of anilines is 1. The van der Waals surface area contributed by atoms with Crippen molar-refractivity contribution in [3.05, 3.63) is 30.1 Å². The Morgan fingerprint density at radius 2 is 2.10 bits per heavy atom. The van der Waals surface area contributed by atoms with Crippen LogP contribution in [-0.2, 0) is 4.79 Å². The number of halogens is 1. The fourth-order valence-electron chi connectivity index (χ4n) is 3.48. The molecule has 1 atom stereocenters. The summed E-state index contributed by atoms with van der Waals surface area (Å²) in [5.41, 5.74) is 0.608. The minimum atomic E-state index is -0.317. The van der Waals surface area contributed by atoms with E-state index in [2.05, 4.69) is 5.32 Å².